The van der Waals surface area contributed by atoms with Gasteiger partial charge in [0, 0.05) is 55.9 Å². The summed E-state index contributed by atoms with van der Waals surface area (Å²) in [4.78, 5) is 33.6. The van der Waals surface area contributed by atoms with Gasteiger partial charge in [0.15, 0.2) is 0 Å². The van der Waals surface area contributed by atoms with Crippen molar-refractivity contribution in [1.82, 2.24) is 20.1 Å². The zero-order valence-electron chi connectivity index (χ0n) is 17.7. The minimum atomic E-state index is -0.228. The monoisotopic (exact) mass is 417 g/mol. The molecule has 2 aromatic carbocycles. The molecular weight excluding hydrogens is 390 g/mol. The van der Waals surface area contributed by atoms with Crippen molar-refractivity contribution in [2.45, 2.75) is 6.92 Å². The lowest BCUT2D eigenvalue weighted by Crippen LogP contribution is -2.50. The number of amides is 3. The molecule has 0 bridgehead atoms. The summed E-state index contributed by atoms with van der Waals surface area (Å²) in [6.45, 7) is 6.20. The summed E-state index contributed by atoms with van der Waals surface area (Å²) in [6.07, 6.45) is 0. The Morgan fingerprint density at radius 2 is 1.68 bits per heavy atom. The Balaban J connectivity index is 1.23. The van der Waals surface area contributed by atoms with Crippen LogP contribution in [0, 0.1) is 6.92 Å². The highest BCUT2D eigenvalue weighted by Gasteiger charge is 2.21. The van der Waals surface area contributed by atoms with E-state index in [1.807, 2.05) is 72.5 Å². The third-order valence-electron chi connectivity index (χ3n) is 5.49. The highest BCUT2D eigenvalue weighted by molar-refractivity contribution is 6.00. The van der Waals surface area contributed by atoms with E-state index in [9.17, 15) is 9.59 Å². The molecule has 2 heterocycles. The maximum Gasteiger partial charge on any atom is 0.319 e. The van der Waals surface area contributed by atoms with Crippen molar-refractivity contribution in [1.29, 1.82) is 0 Å². The predicted octanol–water partition coefficient (Wildman–Crippen LogP) is 3.12. The number of hydrogen-bond acceptors (Lipinski definition) is 4. The second-order valence-electron chi connectivity index (χ2n) is 7.71. The molecule has 3 amide bonds. The van der Waals surface area contributed by atoms with E-state index in [1.165, 1.54) is 0 Å². The van der Waals surface area contributed by atoms with Gasteiger partial charge in [0.1, 0.15) is 0 Å². The maximum atomic E-state index is 12.5. The molecule has 0 saturated carbocycles. The molecule has 1 fully saturated rings. The Hall–Kier alpha value is -3.45. The van der Waals surface area contributed by atoms with Gasteiger partial charge in [-0.3, -0.25) is 14.7 Å². The highest BCUT2D eigenvalue weighted by Crippen LogP contribution is 2.22. The van der Waals surface area contributed by atoms with Crippen molar-refractivity contribution in [3.63, 3.8) is 0 Å². The normalized spacial score (nSPS) is 14.4. The van der Waals surface area contributed by atoms with Crippen molar-refractivity contribution in [3.05, 3.63) is 71.9 Å². The quantitative estimate of drug-likeness (QED) is 0.669. The maximum absolute atomic E-state index is 12.5. The molecule has 7 nitrogen and oxygen atoms in total. The Morgan fingerprint density at radius 1 is 0.968 bits per heavy atom. The highest BCUT2D eigenvalue weighted by atomic mass is 16.2. The molecule has 1 saturated heterocycles. The van der Waals surface area contributed by atoms with Crippen LogP contribution in [-0.2, 0) is 0 Å². The molecule has 160 valence electrons. The van der Waals surface area contributed by atoms with E-state index in [0.717, 1.165) is 47.5 Å². The number of nitrogens with zero attached hydrogens (tertiary/aromatic N) is 3. The van der Waals surface area contributed by atoms with Gasteiger partial charge in [-0.2, -0.15) is 0 Å². The van der Waals surface area contributed by atoms with Gasteiger partial charge < -0.3 is 15.5 Å². The zero-order valence-corrected chi connectivity index (χ0v) is 17.7. The van der Waals surface area contributed by atoms with Crippen LogP contribution in [0.1, 0.15) is 16.1 Å². The Bertz CT molecular complexity index is 1060. The third kappa shape index (κ3) is 5.19. The smallest absolute Gasteiger partial charge is 0.319 e. The van der Waals surface area contributed by atoms with Crippen molar-refractivity contribution in [2.24, 2.45) is 0 Å². The van der Waals surface area contributed by atoms with Gasteiger partial charge in [0.2, 0.25) is 0 Å². The zero-order chi connectivity index (χ0) is 21.6. The number of hydrogen-bond donors (Lipinski definition) is 2. The lowest BCUT2D eigenvalue weighted by atomic mass is 10.1. The number of pyridine rings is 1. The molecule has 31 heavy (non-hydrogen) atoms. The van der Waals surface area contributed by atoms with Gasteiger partial charge >= 0.3 is 6.03 Å². The number of piperazine rings is 1. The molecule has 3 aromatic rings. The molecule has 7 heteroatoms. The number of carbonyl (C=O) groups is 2. The number of para-hydroxylation sites is 1. The van der Waals surface area contributed by atoms with Crippen LogP contribution >= 0.6 is 0 Å². The lowest BCUT2D eigenvalue weighted by Gasteiger charge is -2.34. The Morgan fingerprint density at radius 3 is 2.45 bits per heavy atom. The topological polar surface area (TPSA) is 77.6 Å². The van der Waals surface area contributed by atoms with E-state index in [4.69, 9.17) is 0 Å². The van der Waals surface area contributed by atoms with E-state index in [0.29, 0.717) is 19.6 Å². The second kappa shape index (κ2) is 9.57. The van der Waals surface area contributed by atoms with Gasteiger partial charge in [-0.05, 0) is 31.2 Å². The number of benzene rings is 2. The Kier molecular flexibility index (Phi) is 6.43. The average molecular weight is 418 g/mol. The third-order valence-corrected chi connectivity index (χ3v) is 5.49. The van der Waals surface area contributed by atoms with Crippen LogP contribution in [0.3, 0.4) is 0 Å². The van der Waals surface area contributed by atoms with Crippen molar-refractivity contribution >= 4 is 28.5 Å². The molecular formula is C24H27N5O2. The van der Waals surface area contributed by atoms with Crippen molar-refractivity contribution < 1.29 is 9.59 Å². The number of aryl methyl sites for hydroxylation is 1. The van der Waals surface area contributed by atoms with Crippen LogP contribution in [0.5, 0.6) is 0 Å². The van der Waals surface area contributed by atoms with Gasteiger partial charge in [-0.15, -0.1) is 0 Å². The van der Waals surface area contributed by atoms with E-state index in [-0.39, 0.29) is 11.9 Å². The summed E-state index contributed by atoms with van der Waals surface area (Å²) >= 11 is 0. The molecule has 0 spiro atoms. The van der Waals surface area contributed by atoms with Crippen LogP contribution in [-0.4, -0.2) is 66.0 Å². The fourth-order valence-corrected chi connectivity index (χ4v) is 3.84. The van der Waals surface area contributed by atoms with Crippen LogP contribution in [0.25, 0.3) is 10.9 Å². The number of rotatable bonds is 5. The van der Waals surface area contributed by atoms with Crippen LogP contribution in [0.4, 0.5) is 10.5 Å². The molecule has 0 radical (unpaired) electrons. The first-order chi connectivity index (χ1) is 15.1. The van der Waals surface area contributed by atoms with Gasteiger partial charge in [-0.1, -0.05) is 36.4 Å². The number of fused-ring (bicyclic) bond motifs is 1. The van der Waals surface area contributed by atoms with E-state index >= 15 is 0 Å². The summed E-state index contributed by atoms with van der Waals surface area (Å²) in [5.41, 5.74) is 3.21. The number of nitrogens with one attached hydrogen (secondary N) is 2. The largest absolute Gasteiger partial charge is 0.337 e. The fraction of sp³-hybridized carbons (Fsp3) is 0.292. The molecule has 0 aliphatic carbocycles. The standard InChI is InChI=1S/C24H27N5O2/c1-18-17-22(20-9-5-6-10-21(20)26-18)27-24(31)25-11-12-28-13-15-29(16-14-28)23(30)19-7-3-2-4-8-19/h2-10,17H,11-16H2,1H3,(H2,25,26,27,31). The van der Waals surface area contributed by atoms with Crippen LogP contribution in [0.15, 0.2) is 60.7 Å². The predicted molar refractivity (Wildman–Crippen MR) is 122 cm³/mol. The summed E-state index contributed by atoms with van der Waals surface area (Å²) < 4.78 is 0. The summed E-state index contributed by atoms with van der Waals surface area (Å²) in [7, 11) is 0. The molecule has 1 aliphatic rings. The lowest BCUT2D eigenvalue weighted by molar-refractivity contribution is 0.0639. The number of urea groups is 1. The number of anilines is 1. The number of carbonyl (C=O) groups excluding carboxylic acids is 2. The Labute approximate surface area is 182 Å². The molecule has 2 N–H and O–H groups in total. The molecule has 1 aromatic heterocycles. The molecule has 0 unspecified atom stereocenters. The van der Waals surface area contributed by atoms with Crippen LogP contribution in [0.2, 0.25) is 0 Å². The van der Waals surface area contributed by atoms with Crippen LogP contribution < -0.4 is 10.6 Å². The average Bonchev–Trinajstić information content (AvgIpc) is 2.79. The minimum absolute atomic E-state index is 0.0811. The van der Waals surface area contributed by atoms with Crippen molar-refractivity contribution in [2.75, 3.05) is 44.6 Å². The van der Waals surface area contributed by atoms with E-state index in [2.05, 4.69) is 20.5 Å². The summed E-state index contributed by atoms with van der Waals surface area (Å²) in [5.74, 6) is 0.0811. The minimum Gasteiger partial charge on any atom is -0.337 e. The number of aromatic nitrogens is 1. The van der Waals surface area contributed by atoms with E-state index < -0.39 is 0 Å². The first kappa shape index (κ1) is 20.8. The first-order valence-electron chi connectivity index (χ1n) is 10.6. The fourth-order valence-electron chi connectivity index (χ4n) is 3.84. The van der Waals surface area contributed by atoms with Gasteiger partial charge in [-0.25, -0.2) is 4.79 Å². The van der Waals surface area contributed by atoms with Gasteiger partial charge in [0.25, 0.3) is 5.91 Å². The second-order valence-corrected chi connectivity index (χ2v) is 7.71. The summed E-state index contributed by atoms with van der Waals surface area (Å²) in [6, 6.07) is 18.8. The summed E-state index contributed by atoms with van der Waals surface area (Å²) in [5, 5.41) is 6.79. The molecule has 1 aliphatic heterocycles. The SMILES string of the molecule is Cc1cc(NC(=O)NCCN2CCN(C(=O)c3ccccc3)CC2)c2ccccc2n1. The molecule has 0 atom stereocenters. The van der Waals surface area contributed by atoms with E-state index in [1.54, 1.807) is 0 Å². The van der Waals surface area contributed by atoms with Gasteiger partial charge in [0.05, 0.1) is 11.2 Å². The van der Waals surface area contributed by atoms with Crippen molar-refractivity contribution in [3.8, 4) is 0 Å². The molecule has 4 rings (SSSR count). The first-order valence-corrected chi connectivity index (χ1v) is 10.6.